The van der Waals surface area contributed by atoms with Crippen molar-refractivity contribution in [1.29, 1.82) is 0 Å². The molecule has 0 fully saturated rings. The summed E-state index contributed by atoms with van der Waals surface area (Å²) in [7, 11) is 0. The van der Waals surface area contributed by atoms with E-state index in [1.54, 1.807) is 12.1 Å². The molecule has 1 N–H and O–H groups in total. The Labute approximate surface area is 186 Å². The molecule has 0 saturated carbocycles. The summed E-state index contributed by atoms with van der Waals surface area (Å²) >= 11 is 1.34. The molecule has 164 valence electrons. The minimum absolute atomic E-state index is 0.151. The van der Waals surface area contributed by atoms with Gasteiger partial charge in [-0.05, 0) is 30.5 Å². The van der Waals surface area contributed by atoms with Crippen LogP contribution in [0, 0.1) is 5.82 Å². The van der Waals surface area contributed by atoms with Crippen LogP contribution in [0.3, 0.4) is 0 Å². The molecule has 0 radical (unpaired) electrons. The van der Waals surface area contributed by atoms with E-state index >= 15 is 0 Å². The summed E-state index contributed by atoms with van der Waals surface area (Å²) in [6.07, 6.45) is 5.63. The lowest BCUT2D eigenvalue weighted by molar-refractivity contribution is -0.121. The van der Waals surface area contributed by atoms with Gasteiger partial charge >= 0.3 is 0 Å². The maximum absolute atomic E-state index is 13.3. The first-order valence-corrected chi connectivity index (χ1v) is 11.4. The van der Waals surface area contributed by atoms with Crippen molar-refractivity contribution >= 4 is 27.5 Å². The molecule has 4 aromatic rings. The number of benzene rings is 1. The molecule has 3 aromatic heterocycles. The lowest BCUT2D eigenvalue weighted by Gasteiger charge is -2.09. The van der Waals surface area contributed by atoms with Crippen LogP contribution in [0.15, 0.2) is 40.8 Å². The minimum Gasteiger partial charge on any atom is -0.347 e. The second-order valence-corrected chi connectivity index (χ2v) is 8.64. The zero-order valence-electron chi connectivity index (χ0n) is 17.3. The van der Waals surface area contributed by atoms with Crippen molar-refractivity contribution in [1.82, 2.24) is 29.6 Å². The zero-order chi connectivity index (χ0) is 22.1. The Hall–Kier alpha value is -3.40. The molecule has 0 saturated heterocycles. The van der Waals surface area contributed by atoms with E-state index in [1.807, 2.05) is 5.38 Å². The summed E-state index contributed by atoms with van der Waals surface area (Å²) < 4.78 is 16.7. The Morgan fingerprint density at radius 2 is 2.00 bits per heavy atom. The van der Waals surface area contributed by atoms with Crippen molar-refractivity contribution in [2.24, 2.45) is 0 Å². The van der Waals surface area contributed by atoms with Crippen LogP contribution in [0.4, 0.5) is 4.39 Å². The molecular formula is C22H21FN6O2S. The Kier molecular flexibility index (Phi) is 5.52. The fourth-order valence-electron chi connectivity index (χ4n) is 3.99. The molecule has 1 aliphatic heterocycles. The van der Waals surface area contributed by atoms with Crippen molar-refractivity contribution in [3.63, 3.8) is 0 Å². The van der Waals surface area contributed by atoms with Crippen LogP contribution in [-0.2, 0) is 30.8 Å². The Morgan fingerprint density at radius 3 is 2.84 bits per heavy atom. The molecule has 5 rings (SSSR count). The summed E-state index contributed by atoms with van der Waals surface area (Å²) in [5, 5.41) is 13.5. The van der Waals surface area contributed by atoms with Gasteiger partial charge in [0.2, 0.25) is 5.91 Å². The highest BCUT2D eigenvalue weighted by Gasteiger charge is 2.17. The molecule has 0 bridgehead atoms. The van der Waals surface area contributed by atoms with E-state index in [0.717, 1.165) is 49.4 Å². The number of carbonyl (C=O) groups excluding carboxylic acids is 1. The zero-order valence-corrected chi connectivity index (χ0v) is 18.1. The van der Waals surface area contributed by atoms with E-state index in [0.29, 0.717) is 15.8 Å². The van der Waals surface area contributed by atoms with Crippen LogP contribution in [0.2, 0.25) is 0 Å². The van der Waals surface area contributed by atoms with Crippen LogP contribution >= 0.6 is 11.3 Å². The Morgan fingerprint density at radius 1 is 1.16 bits per heavy atom. The summed E-state index contributed by atoms with van der Waals surface area (Å²) in [5.41, 5.74) is 1.11. The van der Waals surface area contributed by atoms with Gasteiger partial charge in [0, 0.05) is 23.9 Å². The number of nitrogens with zero attached hydrogens (tertiary/aromatic N) is 5. The van der Waals surface area contributed by atoms with Crippen molar-refractivity contribution in [3.8, 4) is 11.1 Å². The van der Waals surface area contributed by atoms with Gasteiger partial charge in [-0.1, -0.05) is 18.6 Å². The van der Waals surface area contributed by atoms with Gasteiger partial charge in [0.15, 0.2) is 5.82 Å². The van der Waals surface area contributed by atoms with Crippen molar-refractivity contribution in [3.05, 3.63) is 63.8 Å². The second kappa shape index (κ2) is 8.62. The maximum atomic E-state index is 13.3. The van der Waals surface area contributed by atoms with E-state index in [9.17, 15) is 14.0 Å². The first kappa shape index (κ1) is 20.5. The lowest BCUT2D eigenvalue weighted by atomic mass is 10.1. The van der Waals surface area contributed by atoms with Gasteiger partial charge in [0.05, 0.1) is 18.3 Å². The average Bonchev–Trinajstić information content (AvgIpc) is 3.32. The highest BCUT2D eigenvalue weighted by molar-refractivity contribution is 7.17. The van der Waals surface area contributed by atoms with Crippen LogP contribution < -0.4 is 10.9 Å². The predicted octanol–water partition coefficient (Wildman–Crippen LogP) is 2.90. The molecule has 0 aliphatic carbocycles. The molecule has 1 aromatic carbocycles. The van der Waals surface area contributed by atoms with E-state index in [4.69, 9.17) is 0 Å². The fraction of sp³-hybridized carbons (Fsp3) is 0.318. The third-order valence-electron chi connectivity index (χ3n) is 5.66. The maximum Gasteiger partial charge on any atom is 0.263 e. The molecule has 1 amide bonds. The number of aromatic nitrogens is 5. The van der Waals surface area contributed by atoms with Gasteiger partial charge in [0.25, 0.3) is 5.56 Å². The number of hydrogen-bond donors (Lipinski definition) is 1. The minimum atomic E-state index is -0.343. The van der Waals surface area contributed by atoms with E-state index in [2.05, 4.69) is 25.1 Å². The molecule has 0 atom stereocenters. The van der Waals surface area contributed by atoms with Crippen LogP contribution in [0.1, 0.15) is 30.9 Å². The quantitative estimate of drug-likeness (QED) is 0.503. The Balaban J connectivity index is 1.34. The van der Waals surface area contributed by atoms with Gasteiger partial charge < -0.3 is 9.88 Å². The van der Waals surface area contributed by atoms with Gasteiger partial charge in [-0.15, -0.1) is 21.5 Å². The molecule has 4 heterocycles. The van der Waals surface area contributed by atoms with Gasteiger partial charge in [-0.3, -0.25) is 14.2 Å². The van der Waals surface area contributed by atoms with Gasteiger partial charge in [-0.2, -0.15) is 0 Å². The number of amides is 1. The smallest absolute Gasteiger partial charge is 0.263 e. The first-order valence-electron chi connectivity index (χ1n) is 10.5. The number of fused-ring (bicyclic) bond motifs is 2. The number of hydrogen-bond acceptors (Lipinski definition) is 6. The average molecular weight is 453 g/mol. The number of carbonyl (C=O) groups is 1. The Bertz CT molecular complexity index is 1340. The van der Waals surface area contributed by atoms with Crippen molar-refractivity contribution in [2.45, 2.75) is 45.3 Å². The molecule has 32 heavy (non-hydrogen) atoms. The molecule has 10 heteroatoms. The van der Waals surface area contributed by atoms with E-state index < -0.39 is 0 Å². The second-order valence-electron chi connectivity index (χ2n) is 7.79. The van der Waals surface area contributed by atoms with Crippen molar-refractivity contribution in [2.75, 3.05) is 0 Å². The van der Waals surface area contributed by atoms with Crippen LogP contribution in [0.5, 0.6) is 0 Å². The number of nitrogens with one attached hydrogen (secondary N) is 1. The number of rotatable bonds is 5. The highest BCUT2D eigenvalue weighted by Crippen LogP contribution is 2.30. The molecule has 0 unspecified atom stereocenters. The standard InChI is InChI=1S/C22H21FN6O2S/c23-15-7-5-14(6-8-15)16-12-32-21-20(16)22(31)28(13-25-21)11-19(30)24-10-18-27-26-17-4-2-1-3-9-29(17)18/h5-8,12-13H,1-4,9-11H2,(H,24,30). The summed E-state index contributed by atoms with van der Waals surface area (Å²) in [6.45, 7) is 0.967. The third-order valence-corrected chi connectivity index (χ3v) is 6.55. The largest absolute Gasteiger partial charge is 0.347 e. The SMILES string of the molecule is O=C(Cn1cnc2scc(-c3ccc(F)cc3)c2c1=O)NCc1nnc2n1CCCCC2. The number of halogens is 1. The first-order chi connectivity index (χ1) is 15.6. The van der Waals surface area contributed by atoms with Gasteiger partial charge in [-0.25, -0.2) is 9.37 Å². The fourth-order valence-corrected chi connectivity index (χ4v) is 4.89. The van der Waals surface area contributed by atoms with Gasteiger partial charge in [0.1, 0.15) is 23.0 Å². The van der Waals surface area contributed by atoms with E-state index in [1.165, 1.54) is 34.4 Å². The monoisotopic (exact) mass is 452 g/mol. The summed E-state index contributed by atoms with van der Waals surface area (Å²) in [6, 6.07) is 5.96. The molecular weight excluding hydrogens is 431 g/mol. The molecule has 0 spiro atoms. The normalized spacial score (nSPS) is 13.7. The van der Waals surface area contributed by atoms with Crippen LogP contribution in [0.25, 0.3) is 21.3 Å². The molecule has 8 nitrogen and oxygen atoms in total. The number of thiophene rings is 1. The van der Waals surface area contributed by atoms with E-state index in [-0.39, 0.29) is 30.4 Å². The lowest BCUT2D eigenvalue weighted by Crippen LogP contribution is -2.32. The summed E-state index contributed by atoms with van der Waals surface area (Å²) in [5.74, 6) is 1.04. The summed E-state index contributed by atoms with van der Waals surface area (Å²) in [4.78, 5) is 30.6. The third kappa shape index (κ3) is 3.93. The highest BCUT2D eigenvalue weighted by atomic mass is 32.1. The molecule has 1 aliphatic rings. The van der Waals surface area contributed by atoms with Crippen LogP contribution in [-0.4, -0.2) is 30.2 Å². The van der Waals surface area contributed by atoms with Crippen molar-refractivity contribution < 1.29 is 9.18 Å². The topological polar surface area (TPSA) is 94.7 Å². The number of aryl methyl sites for hydroxylation is 1. The predicted molar refractivity (Wildman–Crippen MR) is 119 cm³/mol.